The number of hydrogen-bond donors (Lipinski definition) is 2. The van der Waals surface area contributed by atoms with E-state index in [9.17, 15) is 13.9 Å². The van der Waals surface area contributed by atoms with E-state index >= 15 is 0 Å². The first kappa shape index (κ1) is 13.9. The zero-order valence-electron chi connectivity index (χ0n) is 10.1. The number of benzene rings is 1. The molecule has 1 aromatic rings. The van der Waals surface area contributed by atoms with E-state index in [0.717, 1.165) is 10.0 Å². The van der Waals surface area contributed by atoms with Crippen molar-refractivity contribution in [3.63, 3.8) is 0 Å². The van der Waals surface area contributed by atoms with Gasteiger partial charge < -0.3 is 10.8 Å². The van der Waals surface area contributed by atoms with Crippen molar-refractivity contribution in [1.29, 1.82) is 0 Å². The summed E-state index contributed by atoms with van der Waals surface area (Å²) in [6, 6.07) is 2.92. The van der Waals surface area contributed by atoms with Crippen molar-refractivity contribution in [2.24, 2.45) is 11.7 Å². The van der Waals surface area contributed by atoms with Crippen LogP contribution in [-0.4, -0.2) is 17.9 Å². The third kappa shape index (κ3) is 2.19. The lowest BCUT2D eigenvalue weighted by Crippen LogP contribution is -2.43. The quantitative estimate of drug-likeness (QED) is 0.896. The first-order valence-corrected chi connectivity index (χ1v) is 6.74. The molecule has 0 saturated heterocycles. The number of aliphatic hydroxyl groups excluding tert-OH is 1. The Balaban J connectivity index is 2.46. The lowest BCUT2D eigenvalue weighted by molar-refractivity contribution is 0.195. The van der Waals surface area contributed by atoms with Gasteiger partial charge in [0.2, 0.25) is 0 Å². The number of aliphatic hydroxyl groups is 1. The van der Waals surface area contributed by atoms with Crippen molar-refractivity contribution in [2.45, 2.75) is 31.4 Å². The van der Waals surface area contributed by atoms with Crippen molar-refractivity contribution < 1.29 is 13.9 Å². The van der Waals surface area contributed by atoms with Crippen molar-refractivity contribution in [1.82, 2.24) is 0 Å². The average molecular weight is 320 g/mol. The summed E-state index contributed by atoms with van der Waals surface area (Å²) in [6.45, 7) is 1.03. The van der Waals surface area contributed by atoms with E-state index in [-0.39, 0.29) is 5.56 Å². The van der Waals surface area contributed by atoms with Crippen LogP contribution in [0.4, 0.5) is 8.78 Å². The lowest BCUT2D eigenvalue weighted by atomic mass is 9.86. The molecule has 18 heavy (non-hydrogen) atoms. The van der Waals surface area contributed by atoms with Gasteiger partial charge in [0.05, 0.1) is 11.6 Å². The molecule has 1 aliphatic rings. The second-order valence-corrected chi connectivity index (χ2v) is 5.71. The Morgan fingerprint density at radius 3 is 2.61 bits per heavy atom. The molecule has 3 N–H and O–H groups in total. The van der Waals surface area contributed by atoms with Gasteiger partial charge in [-0.3, -0.25) is 0 Å². The van der Waals surface area contributed by atoms with Crippen molar-refractivity contribution >= 4 is 15.9 Å². The molecule has 0 heterocycles. The topological polar surface area (TPSA) is 46.2 Å². The van der Waals surface area contributed by atoms with Crippen LogP contribution in [0.5, 0.6) is 0 Å². The molecule has 0 spiro atoms. The Morgan fingerprint density at radius 2 is 2.17 bits per heavy atom. The summed E-state index contributed by atoms with van der Waals surface area (Å²) < 4.78 is 28.1. The largest absolute Gasteiger partial charge is 0.393 e. The third-order valence-electron chi connectivity index (χ3n) is 3.66. The smallest absolute Gasteiger partial charge is 0.128 e. The summed E-state index contributed by atoms with van der Waals surface area (Å²) in [6.07, 6.45) is 0.471. The van der Waals surface area contributed by atoms with E-state index < -0.39 is 30.1 Å². The van der Waals surface area contributed by atoms with Gasteiger partial charge in [-0.15, -0.1) is 0 Å². The number of aryl methyl sites for hydroxylation is 1. The average Bonchev–Trinajstić information content (AvgIpc) is 3.08. The maximum absolute atomic E-state index is 14.1. The highest BCUT2D eigenvalue weighted by atomic mass is 79.9. The number of nitrogens with two attached hydrogens (primary N) is 1. The van der Waals surface area contributed by atoms with Gasteiger partial charge in [0.1, 0.15) is 12.5 Å². The summed E-state index contributed by atoms with van der Waals surface area (Å²) >= 11 is 3.34. The Morgan fingerprint density at radius 1 is 1.56 bits per heavy atom. The first-order chi connectivity index (χ1) is 8.43. The highest BCUT2D eigenvalue weighted by molar-refractivity contribution is 9.10. The molecule has 3 atom stereocenters. The second kappa shape index (κ2) is 4.87. The summed E-state index contributed by atoms with van der Waals surface area (Å²) in [4.78, 5) is 0. The van der Waals surface area contributed by atoms with Gasteiger partial charge in [0.25, 0.3) is 0 Å². The van der Waals surface area contributed by atoms with Gasteiger partial charge >= 0.3 is 0 Å². The summed E-state index contributed by atoms with van der Waals surface area (Å²) in [7, 11) is 0. The minimum Gasteiger partial charge on any atom is -0.393 e. The molecule has 1 unspecified atom stereocenters. The van der Waals surface area contributed by atoms with Gasteiger partial charge in [0.15, 0.2) is 0 Å². The molecule has 1 aromatic carbocycles. The van der Waals surface area contributed by atoms with Crippen molar-refractivity contribution in [2.75, 3.05) is 6.67 Å². The highest BCUT2D eigenvalue weighted by Gasteiger charge is 2.52. The van der Waals surface area contributed by atoms with Crippen LogP contribution in [0.2, 0.25) is 0 Å². The molecular weight excluding hydrogens is 304 g/mol. The number of halogens is 3. The van der Waals surface area contributed by atoms with E-state index in [4.69, 9.17) is 5.73 Å². The van der Waals surface area contributed by atoms with Gasteiger partial charge in [-0.1, -0.05) is 22.9 Å². The summed E-state index contributed by atoms with van der Waals surface area (Å²) in [5.41, 5.74) is 5.50. The number of rotatable bonds is 4. The number of alkyl halides is 1. The van der Waals surface area contributed by atoms with Crippen LogP contribution < -0.4 is 5.73 Å². The molecular formula is C13H16BrF2NO. The standard InChI is InChI=1S/C13H16BrF2NO/c1-2-7-3-11(16)8(4-10(7)14)13(17,6-15)9-5-12(9)18/h3-4,9,12,18H,2,5-6,17H2,1H3/t9-,12?,13+/m0/s1. The van der Waals surface area contributed by atoms with Crippen LogP contribution in [0.15, 0.2) is 16.6 Å². The SMILES string of the molecule is CCc1cc(F)c([C@](N)(CF)[C@H]2CC2O)cc1Br. The Hall–Kier alpha value is -0.520. The molecule has 100 valence electrons. The van der Waals surface area contributed by atoms with E-state index in [2.05, 4.69) is 15.9 Å². The van der Waals surface area contributed by atoms with Crippen LogP contribution in [0.25, 0.3) is 0 Å². The molecule has 1 saturated carbocycles. The third-order valence-corrected chi connectivity index (χ3v) is 4.40. The monoisotopic (exact) mass is 319 g/mol. The second-order valence-electron chi connectivity index (χ2n) is 4.86. The van der Waals surface area contributed by atoms with Crippen LogP contribution in [0.1, 0.15) is 24.5 Å². The fraction of sp³-hybridized carbons (Fsp3) is 0.538. The van der Waals surface area contributed by atoms with E-state index in [1.54, 1.807) is 6.07 Å². The maximum Gasteiger partial charge on any atom is 0.128 e. The molecule has 0 amide bonds. The van der Waals surface area contributed by atoms with Crippen LogP contribution >= 0.6 is 15.9 Å². The molecule has 1 fully saturated rings. The van der Waals surface area contributed by atoms with Crippen molar-refractivity contribution in [3.05, 3.63) is 33.5 Å². The van der Waals surface area contributed by atoms with E-state index in [1.807, 2.05) is 6.92 Å². The predicted molar refractivity (Wildman–Crippen MR) is 69.4 cm³/mol. The van der Waals surface area contributed by atoms with Crippen LogP contribution in [0, 0.1) is 11.7 Å². The van der Waals surface area contributed by atoms with E-state index in [1.165, 1.54) is 6.07 Å². The van der Waals surface area contributed by atoms with Gasteiger partial charge in [-0.25, -0.2) is 8.78 Å². The molecule has 0 aromatic heterocycles. The predicted octanol–water partition coefficient (Wildman–Crippen LogP) is 2.65. The molecule has 0 bridgehead atoms. The van der Waals surface area contributed by atoms with E-state index in [0.29, 0.717) is 12.8 Å². The minimum absolute atomic E-state index is 0.135. The van der Waals surface area contributed by atoms with Gasteiger partial charge in [-0.05, 0) is 30.5 Å². The number of hydrogen-bond acceptors (Lipinski definition) is 2. The zero-order valence-corrected chi connectivity index (χ0v) is 11.7. The maximum atomic E-state index is 14.1. The highest BCUT2D eigenvalue weighted by Crippen LogP contribution is 2.46. The molecule has 0 aliphatic heterocycles. The summed E-state index contributed by atoms with van der Waals surface area (Å²) in [5.74, 6) is -0.911. The Labute approximate surface area is 113 Å². The molecule has 2 rings (SSSR count). The van der Waals surface area contributed by atoms with Gasteiger partial charge in [0, 0.05) is 16.0 Å². The fourth-order valence-corrected chi connectivity index (χ4v) is 2.95. The van der Waals surface area contributed by atoms with Crippen LogP contribution in [0.3, 0.4) is 0 Å². The normalized spacial score (nSPS) is 25.9. The Kier molecular flexibility index (Phi) is 3.76. The molecule has 2 nitrogen and oxygen atoms in total. The van der Waals surface area contributed by atoms with Crippen molar-refractivity contribution in [3.8, 4) is 0 Å². The van der Waals surface area contributed by atoms with Crippen LogP contribution in [-0.2, 0) is 12.0 Å². The molecule has 5 heteroatoms. The van der Waals surface area contributed by atoms with Gasteiger partial charge in [-0.2, -0.15) is 0 Å². The lowest BCUT2D eigenvalue weighted by Gasteiger charge is -2.28. The first-order valence-electron chi connectivity index (χ1n) is 5.95. The minimum atomic E-state index is -1.43. The molecule has 0 radical (unpaired) electrons. The molecule has 1 aliphatic carbocycles. The Bertz CT molecular complexity index is 469. The zero-order chi connectivity index (χ0) is 13.5. The fourth-order valence-electron chi connectivity index (χ4n) is 2.32. The summed E-state index contributed by atoms with van der Waals surface area (Å²) in [5, 5.41) is 9.43.